The molecule has 0 aliphatic carbocycles. The van der Waals surface area contributed by atoms with Crippen molar-refractivity contribution in [2.75, 3.05) is 42.5 Å². The van der Waals surface area contributed by atoms with Crippen LogP contribution in [0.4, 0.5) is 11.6 Å². The van der Waals surface area contributed by atoms with Crippen LogP contribution in [0.3, 0.4) is 0 Å². The number of piperazine rings is 1. The van der Waals surface area contributed by atoms with E-state index in [4.69, 9.17) is 0 Å². The molecule has 0 atom stereocenters. The van der Waals surface area contributed by atoms with Crippen molar-refractivity contribution in [2.24, 2.45) is 0 Å². The van der Waals surface area contributed by atoms with Crippen molar-refractivity contribution in [1.82, 2.24) is 14.9 Å². The molecule has 2 aromatic rings. The summed E-state index contributed by atoms with van der Waals surface area (Å²) >= 11 is 0. The van der Waals surface area contributed by atoms with Crippen molar-refractivity contribution in [2.45, 2.75) is 19.8 Å². The molecule has 2 amide bonds. The zero-order chi connectivity index (χ0) is 18.8. The van der Waals surface area contributed by atoms with Crippen molar-refractivity contribution >= 4 is 24.0 Å². The lowest BCUT2D eigenvalue weighted by atomic mass is 10.0. The summed E-state index contributed by atoms with van der Waals surface area (Å²) in [6, 6.07) is 9.81. The molecule has 1 fully saturated rings. The van der Waals surface area contributed by atoms with Crippen LogP contribution < -0.4 is 9.80 Å². The van der Waals surface area contributed by atoms with Crippen LogP contribution in [0.5, 0.6) is 0 Å². The first-order valence-electron chi connectivity index (χ1n) is 9.35. The van der Waals surface area contributed by atoms with Gasteiger partial charge in [0.15, 0.2) is 0 Å². The summed E-state index contributed by atoms with van der Waals surface area (Å²) in [6.45, 7) is 5.21. The molecule has 0 bridgehead atoms. The van der Waals surface area contributed by atoms with Gasteiger partial charge in [-0.1, -0.05) is 18.2 Å². The van der Waals surface area contributed by atoms with E-state index in [1.807, 2.05) is 34.9 Å². The molecular formula is C20H23N5O2. The first-order valence-corrected chi connectivity index (χ1v) is 9.35. The van der Waals surface area contributed by atoms with Gasteiger partial charge in [0.1, 0.15) is 5.69 Å². The minimum atomic E-state index is -0.0829. The molecular weight excluding hydrogens is 342 g/mol. The zero-order valence-electron chi connectivity index (χ0n) is 15.5. The predicted octanol–water partition coefficient (Wildman–Crippen LogP) is 1.66. The predicted molar refractivity (Wildman–Crippen MR) is 103 cm³/mol. The zero-order valence-corrected chi connectivity index (χ0v) is 15.5. The van der Waals surface area contributed by atoms with Gasteiger partial charge in [-0.3, -0.25) is 9.59 Å². The Hall–Kier alpha value is -2.96. The van der Waals surface area contributed by atoms with Gasteiger partial charge in [-0.2, -0.15) is 0 Å². The van der Waals surface area contributed by atoms with Crippen LogP contribution in [0.15, 0.2) is 30.3 Å². The van der Waals surface area contributed by atoms with E-state index in [1.165, 1.54) is 5.56 Å². The summed E-state index contributed by atoms with van der Waals surface area (Å²) in [6.07, 6.45) is 2.82. The highest BCUT2D eigenvalue weighted by Gasteiger charge is 2.26. The number of benzene rings is 1. The van der Waals surface area contributed by atoms with Crippen LogP contribution >= 0.6 is 0 Å². The molecule has 3 heterocycles. The molecule has 2 aliphatic rings. The highest BCUT2D eigenvalue weighted by molar-refractivity contribution is 6.05. The molecule has 1 aromatic carbocycles. The normalized spacial score (nSPS) is 16.9. The van der Waals surface area contributed by atoms with E-state index in [0.717, 1.165) is 30.6 Å². The summed E-state index contributed by atoms with van der Waals surface area (Å²) in [5.74, 6) is 0.481. The molecule has 4 rings (SSSR count). The Bertz CT molecular complexity index is 861. The highest BCUT2D eigenvalue weighted by atomic mass is 16.2. The molecule has 1 saturated heterocycles. The maximum absolute atomic E-state index is 13.2. The Morgan fingerprint density at radius 1 is 1.07 bits per heavy atom. The van der Waals surface area contributed by atoms with E-state index >= 15 is 0 Å². The number of hydrogen-bond donors (Lipinski definition) is 0. The minimum absolute atomic E-state index is 0.0829. The molecule has 140 valence electrons. The van der Waals surface area contributed by atoms with E-state index in [2.05, 4.69) is 16.0 Å². The Morgan fingerprint density at radius 3 is 2.63 bits per heavy atom. The standard InChI is InChI=1S/C20H23N5O2/c1-15-13-17(22-20(21-15)24-11-9-23(14-26)10-12-24)19(27)25-8-4-6-16-5-2-3-7-18(16)25/h2-3,5,7,13-14H,4,6,8-12H2,1H3. The van der Waals surface area contributed by atoms with Crippen LogP contribution in [0.25, 0.3) is 0 Å². The lowest BCUT2D eigenvalue weighted by Gasteiger charge is -2.33. The van der Waals surface area contributed by atoms with Gasteiger partial charge in [-0.15, -0.1) is 0 Å². The van der Waals surface area contributed by atoms with Crippen LogP contribution in [-0.4, -0.2) is 59.9 Å². The summed E-state index contributed by atoms with van der Waals surface area (Å²) in [5, 5.41) is 0. The van der Waals surface area contributed by atoms with E-state index in [1.54, 1.807) is 11.0 Å². The van der Waals surface area contributed by atoms with E-state index in [-0.39, 0.29) is 5.91 Å². The Morgan fingerprint density at radius 2 is 1.85 bits per heavy atom. The molecule has 2 aliphatic heterocycles. The summed E-state index contributed by atoms with van der Waals surface area (Å²) < 4.78 is 0. The Labute approximate surface area is 158 Å². The third-order valence-electron chi connectivity index (χ3n) is 5.16. The van der Waals surface area contributed by atoms with E-state index in [9.17, 15) is 9.59 Å². The van der Waals surface area contributed by atoms with Crippen LogP contribution in [0.1, 0.15) is 28.2 Å². The maximum atomic E-state index is 13.2. The second-order valence-electron chi connectivity index (χ2n) is 7.01. The van der Waals surface area contributed by atoms with Crippen molar-refractivity contribution in [3.8, 4) is 0 Å². The summed E-state index contributed by atoms with van der Waals surface area (Å²) in [7, 11) is 0. The minimum Gasteiger partial charge on any atom is -0.342 e. The number of hydrogen-bond acceptors (Lipinski definition) is 5. The molecule has 0 radical (unpaired) electrons. The van der Waals surface area contributed by atoms with E-state index in [0.29, 0.717) is 44.4 Å². The molecule has 0 saturated carbocycles. The monoisotopic (exact) mass is 365 g/mol. The number of carbonyl (C=O) groups excluding carboxylic acids is 2. The van der Waals surface area contributed by atoms with Gasteiger partial charge < -0.3 is 14.7 Å². The number of rotatable bonds is 3. The third-order valence-corrected chi connectivity index (χ3v) is 5.16. The third kappa shape index (κ3) is 3.49. The summed E-state index contributed by atoms with van der Waals surface area (Å²) in [4.78, 5) is 38.8. The molecule has 0 N–H and O–H groups in total. The van der Waals surface area contributed by atoms with Gasteiger partial charge >= 0.3 is 0 Å². The van der Waals surface area contributed by atoms with Crippen LogP contribution in [0.2, 0.25) is 0 Å². The molecule has 1 aromatic heterocycles. The highest BCUT2D eigenvalue weighted by Crippen LogP contribution is 2.28. The fourth-order valence-corrected chi connectivity index (χ4v) is 3.71. The number of fused-ring (bicyclic) bond motifs is 1. The van der Waals surface area contributed by atoms with Gasteiger partial charge in [0.05, 0.1) is 0 Å². The molecule has 7 nitrogen and oxygen atoms in total. The molecule has 0 spiro atoms. The average molecular weight is 365 g/mol. The number of aromatic nitrogens is 2. The smallest absolute Gasteiger partial charge is 0.277 e. The maximum Gasteiger partial charge on any atom is 0.277 e. The van der Waals surface area contributed by atoms with Crippen molar-refractivity contribution in [1.29, 1.82) is 0 Å². The second kappa shape index (κ2) is 7.34. The fourth-order valence-electron chi connectivity index (χ4n) is 3.71. The number of carbonyl (C=O) groups is 2. The largest absolute Gasteiger partial charge is 0.342 e. The van der Waals surface area contributed by atoms with Gasteiger partial charge in [0.25, 0.3) is 5.91 Å². The molecule has 7 heteroatoms. The van der Waals surface area contributed by atoms with Crippen LogP contribution in [0, 0.1) is 6.92 Å². The lowest BCUT2D eigenvalue weighted by Crippen LogP contribution is -2.46. The number of aryl methyl sites for hydroxylation is 2. The first-order chi connectivity index (χ1) is 13.2. The van der Waals surface area contributed by atoms with Crippen molar-refractivity contribution < 1.29 is 9.59 Å². The van der Waals surface area contributed by atoms with Gasteiger partial charge in [0.2, 0.25) is 12.4 Å². The number of amides is 2. The quantitative estimate of drug-likeness (QED) is 0.774. The van der Waals surface area contributed by atoms with Crippen LogP contribution in [-0.2, 0) is 11.2 Å². The van der Waals surface area contributed by atoms with Crippen molar-refractivity contribution in [3.63, 3.8) is 0 Å². The Balaban J connectivity index is 1.60. The van der Waals surface area contributed by atoms with Crippen molar-refractivity contribution in [3.05, 3.63) is 47.3 Å². The lowest BCUT2D eigenvalue weighted by molar-refractivity contribution is -0.118. The average Bonchev–Trinajstić information content (AvgIpc) is 2.72. The molecule has 27 heavy (non-hydrogen) atoms. The van der Waals surface area contributed by atoms with Gasteiger partial charge in [-0.25, -0.2) is 9.97 Å². The Kier molecular flexibility index (Phi) is 4.75. The van der Waals surface area contributed by atoms with Gasteiger partial charge in [-0.05, 0) is 37.5 Å². The number of nitrogens with zero attached hydrogens (tertiary/aromatic N) is 5. The first kappa shape index (κ1) is 17.5. The number of para-hydroxylation sites is 1. The second-order valence-corrected chi connectivity index (χ2v) is 7.01. The summed E-state index contributed by atoms with van der Waals surface area (Å²) in [5.41, 5.74) is 3.37. The van der Waals surface area contributed by atoms with E-state index < -0.39 is 0 Å². The van der Waals surface area contributed by atoms with Gasteiger partial charge in [0, 0.05) is 44.1 Å². The topological polar surface area (TPSA) is 69.6 Å². The molecule has 0 unspecified atom stereocenters. The number of anilines is 2. The SMILES string of the molecule is Cc1cc(C(=O)N2CCCc3ccccc32)nc(N2CCN(C=O)CC2)n1. The fraction of sp³-hybridized carbons (Fsp3) is 0.400.